The summed E-state index contributed by atoms with van der Waals surface area (Å²) in [5.74, 6) is 2.43. The first-order valence-corrected chi connectivity index (χ1v) is 8.17. The molecule has 0 fully saturated rings. The van der Waals surface area contributed by atoms with Gasteiger partial charge in [0, 0.05) is 11.6 Å². The number of ether oxygens (including phenoxy) is 2. The van der Waals surface area contributed by atoms with Gasteiger partial charge in [-0.25, -0.2) is 0 Å². The maximum Gasteiger partial charge on any atom is 0.146 e. The molecule has 0 amide bonds. The molecule has 0 aliphatic rings. The van der Waals surface area contributed by atoms with Crippen molar-refractivity contribution in [3.63, 3.8) is 0 Å². The predicted octanol–water partition coefficient (Wildman–Crippen LogP) is 5.61. The zero-order valence-corrected chi connectivity index (χ0v) is 13.6. The third-order valence-electron chi connectivity index (χ3n) is 3.89. The minimum absolute atomic E-state index is 0.487. The highest BCUT2D eigenvalue weighted by molar-refractivity contribution is 5.84. The largest absolute Gasteiger partial charge is 0.487 e. The lowest BCUT2D eigenvalue weighted by molar-refractivity contribution is 0.309. The number of fused-ring (bicyclic) bond motifs is 1. The average molecular weight is 327 g/mol. The fraction of sp³-hybridized carbons (Fsp3) is 0.0455. The van der Waals surface area contributed by atoms with Crippen LogP contribution in [0.3, 0.4) is 0 Å². The molecule has 3 heteroatoms. The van der Waals surface area contributed by atoms with Gasteiger partial charge >= 0.3 is 0 Å². The van der Waals surface area contributed by atoms with Crippen molar-refractivity contribution in [1.29, 1.82) is 0 Å². The molecule has 122 valence electrons. The van der Waals surface area contributed by atoms with Crippen LogP contribution >= 0.6 is 0 Å². The highest BCUT2D eigenvalue weighted by atomic mass is 16.5. The molecular formula is C22H17NO2. The summed E-state index contributed by atoms with van der Waals surface area (Å²) < 4.78 is 11.8. The van der Waals surface area contributed by atoms with Gasteiger partial charge in [-0.3, -0.25) is 4.98 Å². The van der Waals surface area contributed by atoms with E-state index in [2.05, 4.69) is 4.98 Å². The van der Waals surface area contributed by atoms with Crippen LogP contribution in [0.25, 0.3) is 10.9 Å². The van der Waals surface area contributed by atoms with Gasteiger partial charge < -0.3 is 9.47 Å². The normalized spacial score (nSPS) is 10.6. The van der Waals surface area contributed by atoms with Crippen LogP contribution in [0.5, 0.6) is 17.2 Å². The fourth-order valence-corrected chi connectivity index (χ4v) is 2.63. The molecule has 1 heterocycles. The molecule has 0 unspecified atom stereocenters. The summed E-state index contributed by atoms with van der Waals surface area (Å²) in [4.78, 5) is 4.41. The smallest absolute Gasteiger partial charge is 0.146 e. The van der Waals surface area contributed by atoms with E-state index in [-0.39, 0.29) is 0 Å². The highest BCUT2D eigenvalue weighted by Gasteiger charge is 2.04. The molecule has 0 spiro atoms. The number of rotatable bonds is 5. The standard InChI is InChI=1S/C22H17NO2/c1-2-8-19(9-3-1)25-20-13-11-17(12-14-20)16-24-21-10-4-6-18-7-5-15-23-22(18)21/h1-15H,16H2. The molecule has 25 heavy (non-hydrogen) atoms. The van der Waals surface area contributed by atoms with Crippen LogP contribution in [0.15, 0.2) is 91.1 Å². The molecule has 1 aromatic heterocycles. The Morgan fingerprint density at radius 2 is 1.44 bits per heavy atom. The summed E-state index contributed by atoms with van der Waals surface area (Å²) in [6, 6.07) is 27.6. The Hall–Kier alpha value is -3.33. The van der Waals surface area contributed by atoms with E-state index >= 15 is 0 Å². The summed E-state index contributed by atoms with van der Waals surface area (Å²) in [7, 11) is 0. The molecule has 0 bridgehead atoms. The summed E-state index contributed by atoms with van der Waals surface area (Å²) in [6.45, 7) is 0.487. The molecule has 0 saturated heterocycles. The second kappa shape index (κ2) is 7.05. The van der Waals surface area contributed by atoms with Crippen LogP contribution in [-0.2, 0) is 6.61 Å². The molecule has 0 aliphatic heterocycles. The summed E-state index contributed by atoms with van der Waals surface area (Å²) in [5.41, 5.74) is 1.96. The average Bonchev–Trinajstić information content (AvgIpc) is 2.68. The van der Waals surface area contributed by atoms with Crippen molar-refractivity contribution in [1.82, 2.24) is 4.98 Å². The number of pyridine rings is 1. The van der Waals surface area contributed by atoms with Crippen LogP contribution in [-0.4, -0.2) is 4.98 Å². The minimum Gasteiger partial charge on any atom is -0.487 e. The maximum absolute atomic E-state index is 5.96. The van der Waals surface area contributed by atoms with Gasteiger partial charge in [-0.15, -0.1) is 0 Å². The van der Waals surface area contributed by atoms with Crippen molar-refractivity contribution in [2.45, 2.75) is 6.61 Å². The first-order chi connectivity index (χ1) is 12.4. The summed E-state index contributed by atoms with van der Waals surface area (Å²) in [5, 5.41) is 1.08. The summed E-state index contributed by atoms with van der Waals surface area (Å²) in [6.07, 6.45) is 1.78. The van der Waals surface area contributed by atoms with Crippen LogP contribution in [0, 0.1) is 0 Å². The quantitative estimate of drug-likeness (QED) is 0.478. The van der Waals surface area contributed by atoms with Gasteiger partial charge in [0.05, 0.1) is 0 Å². The maximum atomic E-state index is 5.96. The minimum atomic E-state index is 0.487. The van der Waals surface area contributed by atoms with Crippen molar-refractivity contribution < 1.29 is 9.47 Å². The van der Waals surface area contributed by atoms with Crippen molar-refractivity contribution in [2.24, 2.45) is 0 Å². The molecule has 3 nitrogen and oxygen atoms in total. The Bertz CT molecular complexity index is 961. The van der Waals surface area contributed by atoms with E-state index in [1.807, 2.05) is 84.9 Å². The second-order valence-electron chi connectivity index (χ2n) is 5.68. The molecule has 4 aromatic rings. The zero-order chi connectivity index (χ0) is 16.9. The van der Waals surface area contributed by atoms with E-state index in [1.54, 1.807) is 6.20 Å². The number of hydrogen-bond donors (Lipinski definition) is 0. The Kier molecular flexibility index (Phi) is 4.29. The van der Waals surface area contributed by atoms with E-state index in [4.69, 9.17) is 9.47 Å². The number of nitrogens with zero attached hydrogens (tertiary/aromatic N) is 1. The number of para-hydroxylation sites is 2. The molecule has 0 aliphatic carbocycles. The van der Waals surface area contributed by atoms with Crippen LogP contribution in [0.1, 0.15) is 5.56 Å². The van der Waals surface area contributed by atoms with Crippen LogP contribution in [0.4, 0.5) is 0 Å². The van der Waals surface area contributed by atoms with Gasteiger partial charge in [-0.1, -0.05) is 48.5 Å². The summed E-state index contributed by atoms with van der Waals surface area (Å²) >= 11 is 0. The fourth-order valence-electron chi connectivity index (χ4n) is 2.63. The molecule has 0 saturated carbocycles. The monoisotopic (exact) mass is 327 g/mol. The Balaban J connectivity index is 1.44. The van der Waals surface area contributed by atoms with E-state index in [0.29, 0.717) is 6.61 Å². The third kappa shape index (κ3) is 3.61. The molecule has 0 atom stereocenters. The molecule has 0 radical (unpaired) electrons. The third-order valence-corrected chi connectivity index (χ3v) is 3.89. The first kappa shape index (κ1) is 15.2. The van der Waals surface area contributed by atoms with E-state index in [1.165, 1.54) is 0 Å². The number of benzene rings is 3. The lowest BCUT2D eigenvalue weighted by Crippen LogP contribution is -1.96. The van der Waals surface area contributed by atoms with Gasteiger partial charge in [0.25, 0.3) is 0 Å². The van der Waals surface area contributed by atoms with Crippen LogP contribution < -0.4 is 9.47 Å². The Labute approximate surface area is 146 Å². The first-order valence-electron chi connectivity index (χ1n) is 8.17. The van der Waals surface area contributed by atoms with Gasteiger partial charge in [-0.05, 0) is 42.0 Å². The van der Waals surface area contributed by atoms with Crippen molar-refractivity contribution >= 4 is 10.9 Å². The zero-order valence-electron chi connectivity index (χ0n) is 13.6. The molecule has 0 N–H and O–H groups in total. The topological polar surface area (TPSA) is 31.4 Å². The van der Waals surface area contributed by atoms with Gasteiger partial charge in [0.15, 0.2) is 0 Å². The SMILES string of the molecule is c1ccc(Oc2ccc(COc3cccc4cccnc34)cc2)cc1. The lowest BCUT2D eigenvalue weighted by Gasteiger charge is -2.10. The van der Waals surface area contributed by atoms with Gasteiger partial charge in [0.2, 0.25) is 0 Å². The number of hydrogen-bond acceptors (Lipinski definition) is 3. The second-order valence-corrected chi connectivity index (χ2v) is 5.68. The van der Waals surface area contributed by atoms with Gasteiger partial charge in [-0.2, -0.15) is 0 Å². The highest BCUT2D eigenvalue weighted by Crippen LogP contribution is 2.25. The van der Waals surface area contributed by atoms with Gasteiger partial charge in [0.1, 0.15) is 29.4 Å². The Morgan fingerprint density at radius 3 is 2.28 bits per heavy atom. The van der Waals surface area contributed by atoms with Crippen LogP contribution in [0.2, 0.25) is 0 Å². The Morgan fingerprint density at radius 1 is 0.680 bits per heavy atom. The van der Waals surface area contributed by atoms with E-state index in [9.17, 15) is 0 Å². The van der Waals surface area contributed by atoms with E-state index in [0.717, 1.165) is 33.7 Å². The predicted molar refractivity (Wildman–Crippen MR) is 99.0 cm³/mol. The lowest BCUT2D eigenvalue weighted by atomic mass is 10.2. The van der Waals surface area contributed by atoms with E-state index < -0.39 is 0 Å². The molecule has 4 rings (SSSR count). The molecular weight excluding hydrogens is 310 g/mol. The molecule has 3 aromatic carbocycles. The van der Waals surface area contributed by atoms with Crippen molar-refractivity contribution in [3.8, 4) is 17.2 Å². The van der Waals surface area contributed by atoms with Crippen molar-refractivity contribution in [2.75, 3.05) is 0 Å². The number of aromatic nitrogens is 1. The van der Waals surface area contributed by atoms with Crippen molar-refractivity contribution in [3.05, 3.63) is 96.7 Å².